The van der Waals surface area contributed by atoms with Crippen LogP contribution < -0.4 is 0 Å². The van der Waals surface area contributed by atoms with Gasteiger partial charge in [0.1, 0.15) is 11.6 Å². The van der Waals surface area contributed by atoms with Crippen LogP contribution in [0.15, 0.2) is 0 Å². The van der Waals surface area contributed by atoms with Crippen LogP contribution in [0.4, 0.5) is 0 Å². The Balaban J connectivity index is 2.12. The molecule has 100 valence electrons. The van der Waals surface area contributed by atoms with Gasteiger partial charge in [0, 0.05) is 30.6 Å². The van der Waals surface area contributed by atoms with Crippen molar-refractivity contribution in [3.63, 3.8) is 0 Å². The number of carbonyl (C=O) groups excluding carboxylic acids is 2. The third-order valence-electron chi connectivity index (χ3n) is 5.98. The molecule has 1 heterocycles. The van der Waals surface area contributed by atoms with Gasteiger partial charge >= 0.3 is 0 Å². The molecule has 0 amide bonds. The monoisotopic (exact) mass is 250 g/mol. The second-order valence-corrected chi connectivity index (χ2v) is 6.83. The number of rotatable bonds is 0. The molecule has 3 aliphatic rings. The molecule has 0 radical (unpaired) electrons. The van der Waals surface area contributed by atoms with E-state index in [-0.39, 0.29) is 28.8 Å². The Morgan fingerprint density at radius 3 is 2.72 bits per heavy atom. The Hall–Kier alpha value is -0.700. The van der Waals surface area contributed by atoms with Crippen molar-refractivity contribution in [3.8, 4) is 0 Å². The second-order valence-electron chi connectivity index (χ2n) is 6.83. The van der Waals surface area contributed by atoms with Gasteiger partial charge in [-0.1, -0.05) is 20.8 Å². The molecule has 2 aliphatic carbocycles. The van der Waals surface area contributed by atoms with Crippen LogP contribution in [0.5, 0.6) is 0 Å². The van der Waals surface area contributed by atoms with Gasteiger partial charge in [-0.2, -0.15) is 0 Å². The number of carbonyl (C=O) groups is 2. The standard InChI is InChI=1S/C15H22O3/c1-9-8-18-15-5-4-12(17)13(9)14(15,3)10(2)6-11(16)7-15/h9-10,13H,4-8H2,1-3H3. The molecule has 0 aromatic heterocycles. The van der Waals surface area contributed by atoms with Crippen molar-refractivity contribution in [1.29, 1.82) is 0 Å². The first-order chi connectivity index (χ1) is 8.41. The summed E-state index contributed by atoms with van der Waals surface area (Å²) in [5.41, 5.74) is -0.499. The Bertz CT molecular complexity index is 416. The quantitative estimate of drug-likeness (QED) is 0.663. The van der Waals surface area contributed by atoms with Crippen LogP contribution in [0, 0.1) is 23.2 Å². The normalized spacial score (nSPS) is 52.1. The molecule has 5 atom stereocenters. The smallest absolute Gasteiger partial charge is 0.137 e. The van der Waals surface area contributed by atoms with E-state index in [4.69, 9.17) is 4.74 Å². The van der Waals surface area contributed by atoms with E-state index in [1.807, 2.05) is 0 Å². The molecular formula is C15H22O3. The van der Waals surface area contributed by atoms with Crippen LogP contribution in [0.1, 0.15) is 46.5 Å². The van der Waals surface area contributed by atoms with Crippen molar-refractivity contribution in [2.75, 3.05) is 6.61 Å². The third kappa shape index (κ3) is 1.29. The first-order valence-electron chi connectivity index (χ1n) is 7.09. The van der Waals surface area contributed by atoms with Gasteiger partial charge in [-0.25, -0.2) is 0 Å². The van der Waals surface area contributed by atoms with E-state index >= 15 is 0 Å². The van der Waals surface area contributed by atoms with Crippen molar-refractivity contribution in [2.24, 2.45) is 23.2 Å². The first-order valence-corrected chi connectivity index (χ1v) is 7.09. The average molecular weight is 250 g/mol. The molecule has 0 N–H and O–H groups in total. The minimum atomic E-state index is -0.354. The summed E-state index contributed by atoms with van der Waals surface area (Å²) < 4.78 is 6.17. The lowest BCUT2D eigenvalue weighted by Gasteiger charge is -2.64. The van der Waals surface area contributed by atoms with Crippen LogP contribution in [0.3, 0.4) is 0 Å². The van der Waals surface area contributed by atoms with Crippen LogP contribution in [-0.2, 0) is 14.3 Å². The lowest BCUT2D eigenvalue weighted by atomic mass is 9.45. The Labute approximate surface area is 108 Å². The molecular weight excluding hydrogens is 228 g/mol. The molecule has 1 saturated heterocycles. The Morgan fingerprint density at radius 2 is 2.00 bits per heavy atom. The van der Waals surface area contributed by atoms with E-state index in [1.54, 1.807) is 0 Å². The Morgan fingerprint density at radius 1 is 1.28 bits per heavy atom. The van der Waals surface area contributed by atoms with Gasteiger partial charge in [0.2, 0.25) is 0 Å². The summed E-state index contributed by atoms with van der Waals surface area (Å²) >= 11 is 0. The molecule has 18 heavy (non-hydrogen) atoms. The van der Waals surface area contributed by atoms with Gasteiger partial charge in [-0.3, -0.25) is 9.59 Å². The molecule has 3 nitrogen and oxygen atoms in total. The molecule has 3 rings (SSSR count). The number of hydrogen-bond donors (Lipinski definition) is 0. The zero-order valence-corrected chi connectivity index (χ0v) is 11.5. The van der Waals surface area contributed by atoms with Gasteiger partial charge in [0.25, 0.3) is 0 Å². The predicted molar refractivity (Wildman–Crippen MR) is 67.1 cm³/mol. The lowest BCUT2D eigenvalue weighted by Crippen LogP contribution is -2.68. The highest BCUT2D eigenvalue weighted by Gasteiger charge is 2.66. The summed E-state index contributed by atoms with van der Waals surface area (Å²) in [4.78, 5) is 24.3. The van der Waals surface area contributed by atoms with Crippen LogP contribution in [0.2, 0.25) is 0 Å². The fourth-order valence-electron chi connectivity index (χ4n) is 4.92. The van der Waals surface area contributed by atoms with Crippen LogP contribution in [0.25, 0.3) is 0 Å². The van der Waals surface area contributed by atoms with Crippen LogP contribution >= 0.6 is 0 Å². The van der Waals surface area contributed by atoms with Crippen LogP contribution in [-0.4, -0.2) is 23.8 Å². The van der Waals surface area contributed by atoms with Gasteiger partial charge in [-0.15, -0.1) is 0 Å². The van der Waals surface area contributed by atoms with E-state index in [9.17, 15) is 9.59 Å². The molecule has 2 bridgehead atoms. The summed E-state index contributed by atoms with van der Waals surface area (Å²) in [5, 5.41) is 0. The number of ketones is 2. The van der Waals surface area contributed by atoms with Gasteiger partial charge in [0.05, 0.1) is 12.2 Å². The lowest BCUT2D eigenvalue weighted by molar-refractivity contribution is -0.253. The highest BCUT2D eigenvalue weighted by atomic mass is 16.5. The number of hydrogen-bond acceptors (Lipinski definition) is 3. The van der Waals surface area contributed by atoms with Crippen molar-refractivity contribution < 1.29 is 14.3 Å². The van der Waals surface area contributed by atoms with Gasteiger partial charge in [0.15, 0.2) is 0 Å². The summed E-state index contributed by atoms with van der Waals surface area (Å²) in [7, 11) is 0. The van der Waals surface area contributed by atoms with Crippen molar-refractivity contribution in [1.82, 2.24) is 0 Å². The topological polar surface area (TPSA) is 43.4 Å². The maximum Gasteiger partial charge on any atom is 0.137 e. The van der Waals surface area contributed by atoms with Crippen molar-refractivity contribution in [3.05, 3.63) is 0 Å². The molecule has 5 unspecified atom stereocenters. The van der Waals surface area contributed by atoms with E-state index in [1.165, 1.54) is 0 Å². The third-order valence-corrected chi connectivity index (χ3v) is 5.98. The van der Waals surface area contributed by atoms with E-state index in [0.29, 0.717) is 37.4 Å². The number of Topliss-reactive ketones (excluding diaryl/α,β-unsaturated/α-hetero) is 2. The fourth-order valence-corrected chi connectivity index (χ4v) is 4.92. The van der Waals surface area contributed by atoms with E-state index in [2.05, 4.69) is 20.8 Å². The largest absolute Gasteiger partial charge is 0.374 e. The predicted octanol–water partition coefficient (Wildman–Crippen LogP) is 2.38. The maximum atomic E-state index is 12.4. The minimum absolute atomic E-state index is 0.0862. The fraction of sp³-hybridized carbons (Fsp3) is 0.867. The van der Waals surface area contributed by atoms with Gasteiger partial charge in [-0.05, 0) is 18.3 Å². The van der Waals surface area contributed by atoms with E-state index < -0.39 is 0 Å². The van der Waals surface area contributed by atoms with Crippen molar-refractivity contribution in [2.45, 2.75) is 52.1 Å². The highest BCUT2D eigenvalue weighted by molar-refractivity contribution is 5.87. The number of ether oxygens (including phenoxy) is 1. The maximum absolute atomic E-state index is 12.4. The molecule has 3 fully saturated rings. The first kappa shape index (κ1) is 12.3. The second kappa shape index (κ2) is 3.66. The Kier molecular flexibility index (Phi) is 2.51. The SMILES string of the molecule is CC1COC23CCC(=O)C1C2(C)C(C)CC(=O)C3. The molecule has 0 aromatic carbocycles. The summed E-state index contributed by atoms with van der Waals surface area (Å²) in [5.74, 6) is 1.32. The average Bonchev–Trinajstić information content (AvgIpc) is 2.28. The highest BCUT2D eigenvalue weighted by Crippen LogP contribution is 2.62. The molecule has 3 heteroatoms. The van der Waals surface area contributed by atoms with Gasteiger partial charge < -0.3 is 4.74 Å². The zero-order chi connectivity index (χ0) is 13.1. The minimum Gasteiger partial charge on any atom is -0.374 e. The summed E-state index contributed by atoms with van der Waals surface area (Å²) in [6.07, 6.45) is 2.45. The zero-order valence-electron chi connectivity index (χ0n) is 11.5. The molecule has 0 spiro atoms. The van der Waals surface area contributed by atoms with Crippen molar-refractivity contribution >= 4 is 11.6 Å². The summed E-state index contributed by atoms with van der Waals surface area (Å²) in [6, 6.07) is 0. The van der Waals surface area contributed by atoms with E-state index in [0.717, 1.165) is 6.42 Å². The molecule has 1 aliphatic heterocycles. The molecule has 0 aromatic rings. The molecule has 2 saturated carbocycles. The summed E-state index contributed by atoms with van der Waals surface area (Å²) in [6.45, 7) is 7.07.